The predicted molar refractivity (Wildman–Crippen MR) is 166 cm³/mol. The number of aromatic nitrogens is 3. The highest BCUT2D eigenvalue weighted by Crippen LogP contribution is 2.44. The third-order valence-electron chi connectivity index (χ3n) is 7.09. The standard InChI is InChI=1S/C31H33ClN4O4S/c1-7-36(8-2)28-21-16-19(11-14-23(21)35(6)34-28)29-33-22-15-17(3)24(26(30(37)38)40-31(4,5)39)25(27(22)41-29)18-9-12-20(32)13-10-18/h9-16,26,39H,7-8H2,1-6H3,(H,37,38)/t26-/m0/s1. The first-order valence-electron chi connectivity index (χ1n) is 13.5. The van der Waals surface area contributed by atoms with Gasteiger partial charge in [0.05, 0.1) is 15.7 Å². The molecule has 0 aliphatic heterocycles. The first-order valence-corrected chi connectivity index (χ1v) is 14.7. The molecule has 5 aromatic rings. The van der Waals surface area contributed by atoms with Crippen molar-refractivity contribution in [2.24, 2.45) is 7.05 Å². The highest BCUT2D eigenvalue weighted by Gasteiger charge is 2.33. The Bertz CT molecular complexity index is 1750. The number of thiazole rings is 1. The molecule has 5 rings (SSSR count). The van der Waals surface area contributed by atoms with Gasteiger partial charge < -0.3 is 19.8 Å². The summed E-state index contributed by atoms with van der Waals surface area (Å²) in [7, 11) is 1.95. The van der Waals surface area contributed by atoms with Gasteiger partial charge in [-0.05, 0) is 82.1 Å². The van der Waals surface area contributed by atoms with Crippen LogP contribution in [0.2, 0.25) is 5.02 Å². The Labute approximate surface area is 247 Å². The Morgan fingerprint density at radius 1 is 1.12 bits per heavy atom. The lowest BCUT2D eigenvalue weighted by Gasteiger charge is -2.27. The second-order valence-corrected chi connectivity index (χ2v) is 11.9. The van der Waals surface area contributed by atoms with Gasteiger partial charge in [-0.25, -0.2) is 9.78 Å². The van der Waals surface area contributed by atoms with Crippen LogP contribution in [0.4, 0.5) is 5.82 Å². The second kappa shape index (κ2) is 11.1. The van der Waals surface area contributed by atoms with Crippen molar-refractivity contribution in [3.05, 3.63) is 64.7 Å². The fourth-order valence-corrected chi connectivity index (χ4v) is 6.48. The van der Waals surface area contributed by atoms with Gasteiger partial charge in [0.25, 0.3) is 0 Å². The summed E-state index contributed by atoms with van der Waals surface area (Å²) in [4.78, 5) is 19.8. The van der Waals surface area contributed by atoms with E-state index in [1.165, 1.54) is 25.2 Å². The van der Waals surface area contributed by atoms with Crippen molar-refractivity contribution < 1.29 is 19.7 Å². The molecule has 1 atom stereocenters. The van der Waals surface area contributed by atoms with Gasteiger partial charge in [0.15, 0.2) is 17.7 Å². The van der Waals surface area contributed by atoms with Gasteiger partial charge in [0, 0.05) is 47.2 Å². The number of hydrogen-bond donors (Lipinski definition) is 2. The van der Waals surface area contributed by atoms with Gasteiger partial charge >= 0.3 is 5.97 Å². The van der Waals surface area contributed by atoms with Crippen molar-refractivity contribution in [2.75, 3.05) is 18.0 Å². The number of hydrogen-bond acceptors (Lipinski definition) is 7. The van der Waals surface area contributed by atoms with Crippen LogP contribution in [0.25, 0.3) is 42.8 Å². The number of aryl methyl sites for hydroxylation is 2. The third kappa shape index (κ3) is 5.55. The van der Waals surface area contributed by atoms with E-state index in [-0.39, 0.29) is 0 Å². The molecule has 3 aromatic carbocycles. The Kier molecular flexibility index (Phi) is 7.82. The van der Waals surface area contributed by atoms with Crippen LogP contribution in [0, 0.1) is 6.92 Å². The molecule has 10 heteroatoms. The van der Waals surface area contributed by atoms with E-state index < -0.39 is 17.9 Å². The molecule has 214 valence electrons. The Balaban J connectivity index is 1.76. The molecule has 8 nitrogen and oxygen atoms in total. The smallest absolute Gasteiger partial charge is 0.337 e. The molecule has 0 radical (unpaired) electrons. The number of ether oxygens (including phenoxy) is 1. The zero-order valence-corrected chi connectivity index (χ0v) is 25.5. The Morgan fingerprint density at radius 3 is 2.39 bits per heavy atom. The van der Waals surface area contributed by atoms with E-state index >= 15 is 0 Å². The summed E-state index contributed by atoms with van der Waals surface area (Å²) >= 11 is 7.70. The fourth-order valence-electron chi connectivity index (χ4n) is 5.23. The van der Waals surface area contributed by atoms with E-state index in [1.807, 2.05) is 42.9 Å². The molecule has 0 saturated carbocycles. The van der Waals surface area contributed by atoms with Crippen LogP contribution < -0.4 is 4.90 Å². The molecule has 41 heavy (non-hydrogen) atoms. The first kappa shape index (κ1) is 29.0. The summed E-state index contributed by atoms with van der Waals surface area (Å²) < 4.78 is 8.42. The van der Waals surface area contributed by atoms with E-state index in [1.54, 1.807) is 12.1 Å². The number of fused-ring (bicyclic) bond motifs is 2. The lowest BCUT2D eigenvalue weighted by atomic mass is 9.91. The van der Waals surface area contributed by atoms with E-state index in [4.69, 9.17) is 26.4 Å². The number of halogens is 1. The molecule has 2 N–H and O–H groups in total. The van der Waals surface area contributed by atoms with Crippen LogP contribution >= 0.6 is 22.9 Å². The number of benzene rings is 3. The maximum Gasteiger partial charge on any atom is 0.337 e. The maximum atomic E-state index is 12.5. The summed E-state index contributed by atoms with van der Waals surface area (Å²) in [6.45, 7) is 10.6. The van der Waals surface area contributed by atoms with Gasteiger partial charge in [-0.2, -0.15) is 5.10 Å². The SMILES string of the molecule is CCN(CC)c1nn(C)c2ccc(-c3nc4cc(C)c([C@H](OC(C)(C)O)C(=O)O)c(-c5ccc(Cl)cc5)c4s3)cc12. The van der Waals surface area contributed by atoms with Crippen LogP contribution in [0.3, 0.4) is 0 Å². The number of nitrogens with zero attached hydrogens (tertiary/aromatic N) is 4. The summed E-state index contributed by atoms with van der Waals surface area (Å²) in [5.41, 5.74) is 5.37. The number of carbonyl (C=O) groups is 1. The number of rotatable bonds is 9. The van der Waals surface area contributed by atoms with Crippen LogP contribution in [0.1, 0.15) is 44.9 Å². The lowest BCUT2D eigenvalue weighted by Crippen LogP contribution is -2.30. The molecule has 0 fully saturated rings. The van der Waals surface area contributed by atoms with Crippen molar-refractivity contribution >= 4 is 55.8 Å². The lowest BCUT2D eigenvalue weighted by molar-refractivity contribution is -0.216. The minimum atomic E-state index is -1.66. The monoisotopic (exact) mass is 592 g/mol. The molecule has 0 amide bonds. The highest BCUT2D eigenvalue weighted by molar-refractivity contribution is 7.22. The minimum Gasteiger partial charge on any atom is -0.479 e. The highest BCUT2D eigenvalue weighted by atomic mass is 35.5. The van der Waals surface area contributed by atoms with Crippen molar-refractivity contribution in [1.82, 2.24) is 14.8 Å². The number of aliphatic hydroxyl groups is 1. The van der Waals surface area contributed by atoms with Crippen LogP contribution in [-0.2, 0) is 16.6 Å². The maximum absolute atomic E-state index is 12.5. The Morgan fingerprint density at radius 2 is 1.78 bits per heavy atom. The van der Waals surface area contributed by atoms with Gasteiger partial charge in [0.2, 0.25) is 0 Å². The molecular formula is C31H33ClN4O4S. The van der Waals surface area contributed by atoms with Crippen LogP contribution in [0.15, 0.2) is 48.5 Å². The largest absolute Gasteiger partial charge is 0.479 e. The Hall–Kier alpha value is -3.50. The number of aliphatic carboxylic acids is 1. The normalized spacial score (nSPS) is 12.8. The van der Waals surface area contributed by atoms with E-state index in [9.17, 15) is 15.0 Å². The molecule has 2 heterocycles. The summed E-state index contributed by atoms with van der Waals surface area (Å²) in [6.07, 6.45) is -1.40. The predicted octanol–water partition coefficient (Wildman–Crippen LogP) is 7.20. The molecule has 0 spiro atoms. The van der Waals surface area contributed by atoms with E-state index in [0.717, 1.165) is 56.2 Å². The molecular weight excluding hydrogens is 560 g/mol. The van der Waals surface area contributed by atoms with E-state index in [0.29, 0.717) is 21.7 Å². The zero-order chi connectivity index (χ0) is 29.6. The molecule has 0 aliphatic carbocycles. The van der Waals surface area contributed by atoms with Gasteiger partial charge in [-0.1, -0.05) is 23.7 Å². The van der Waals surface area contributed by atoms with Gasteiger partial charge in [-0.15, -0.1) is 11.3 Å². The van der Waals surface area contributed by atoms with Crippen LogP contribution in [0.5, 0.6) is 0 Å². The quantitative estimate of drug-likeness (QED) is 0.175. The topological polar surface area (TPSA) is 101 Å². The number of anilines is 1. The van der Waals surface area contributed by atoms with E-state index in [2.05, 4.69) is 30.9 Å². The minimum absolute atomic E-state index is 0.469. The number of carboxylic acids is 1. The van der Waals surface area contributed by atoms with Crippen molar-refractivity contribution in [2.45, 2.75) is 46.5 Å². The third-order valence-corrected chi connectivity index (χ3v) is 8.48. The fraction of sp³-hybridized carbons (Fsp3) is 0.323. The van der Waals surface area contributed by atoms with Crippen molar-refractivity contribution in [3.63, 3.8) is 0 Å². The second-order valence-electron chi connectivity index (χ2n) is 10.5. The molecule has 0 aliphatic rings. The molecule has 0 bridgehead atoms. The summed E-state index contributed by atoms with van der Waals surface area (Å²) in [5, 5.41) is 27.8. The van der Waals surface area contributed by atoms with Crippen molar-refractivity contribution in [3.8, 4) is 21.7 Å². The summed E-state index contributed by atoms with van der Waals surface area (Å²) in [6, 6.07) is 15.4. The van der Waals surface area contributed by atoms with Gasteiger partial charge in [-0.3, -0.25) is 4.68 Å². The molecule has 0 unspecified atom stereocenters. The van der Waals surface area contributed by atoms with Crippen LogP contribution in [-0.4, -0.2) is 49.8 Å². The molecule has 0 saturated heterocycles. The van der Waals surface area contributed by atoms with Gasteiger partial charge in [0.1, 0.15) is 5.01 Å². The summed E-state index contributed by atoms with van der Waals surface area (Å²) in [5.74, 6) is -1.92. The first-order chi connectivity index (χ1) is 19.4. The van der Waals surface area contributed by atoms with Crippen molar-refractivity contribution in [1.29, 1.82) is 0 Å². The zero-order valence-electron chi connectivity index (χ0n) is 23.9. The average Bonchev–Trinajstić information content (AvgIpc) is 3.48. The average molecular weight is 593 g/mol. The molecule has 2 aromatic heterocycles. The number of carboxylic acid groups (broad SMARTS) is 1.